The van der Waals surface area contributed by atoms with Crippen molar-refractivity contribution in [1.82, 2.24) is 9.78 Å². The number of methoxy groups -OCH3 is 3. The number of rotatable bonds is 7. The van der Waals surface area contributed by atoms with Gasteiger partial charge in [-0.2, -0.15) is 5.10 Å². The molecule has 0 aliphatic carbocycles. The Morgan fingerprint density at radius 1 is 1.00 bits per heavy atom. The average Bonchev–Trinajstić information content (AvgIpc) is 3.07. The first-order valence-corrected chi connectivity index (χ1v) is 9.64. The third-order valence-electron chi connectivity index (χ3n) is 4.98. The number of esters is 1. The van der Waals surface area contributed by atoms with E-state index in [0.29, 0.717) is 11.5 Å². The summed E-state index contributed by atoms with van der Waals surface area (Å²) in [5, 5.41) is 7.37. The fraction of sp³-hybridized carbons (Fsp3) is 0.261. The first-order valence-electron chi connectivity index (χ1n) is 9.64. The van der Waals surface area contributed by atoms with Gasteiger partial charge in [0.15, 0.2) is 11.5 Å². The lowest BCUT2D eigenvalue weighted by molar-refractivity contribution is -0.115. The molecule has 1 amide bonds. The molecule has 8 heteroatoms. The van der Waals surface area contributed by atoms with E-state index in [2.05, 4.69) is 10.4 Å². The number of nitrogens with one attached hydrogen (secondary N) is 1. The smallest absolute Gasteiger partial charge is 0.340 e. The molecule has 2 aromatic carbocycles. The first-order chi connectivity index (χ1) is 14.9. The molecule has 3 aromatic rings. The van der Waals surface area contributed by atoms with E-state index < -0.39 is 5.97 Å². The minimum Gasteiger partial charge on any atom is -0.493 e. The maximum Gasteiger partial charge on any atom is 0.340 e. The van der Waals surface area contributed by atoms with E-state index in [9.17, 15) is 9.59 Å². The van der Waals surface area contributed by atoms with Gasteiger partial charge in [0.25, 0.3) is 0 Å². The van der Waals surface area contributed by atoms with Crippen LogP contribution in [-0.4, -0.2) is 43.0 Å². The van der Waals surface area contributed by atoms with Crippen LogP contribution >= 0.6 is 0 Å². The Balaban J connectivity index is 1.89. The number of nitrogens with zero attached hydrogens (tertiary/aromatic N) is 2. The van der Waals surface area contributed by atoms with E-state index in [1.54, 1.807) is 0 Å². The Morgan fingerprint density at radius 2 is 1.65 bits per heavy atom. The van der Waals surface area contributed by atoms with E-state index in [4.69, 9.17) is 14.2 Å². The molecule has 0 atom stereocenters. The summed E-state index contributed by atoms with van der Waals surface area (Å²) in [6, 6.07) is 12.7. The number of aryl methyl sites for hydroxylation is 1. The van der Waals surface area contributed by atoms with Crippen LogP contribution in [-0.2, 0) is 16.0 Å². The fourth-order valence-electron chi connectivity index (χ4n) is 3.37. The normalized spacial score (nSPS) is 10.5. The zero-order valence-corrected chi connectivity index (χ0v) is 18.2. The summed E-state index contributed by atoms with van der Waals surface area (Å²) in [5.41, 5.74) is 3.82. The van der Waals surface area contributed by atoms with Gasteiger partial charge in [0.1, 0.15) is 0 Å². The van der Waals surface area contributed by atoms with Crippen LogP contribution in [0.3, 0.4) is 0 Å². The van der Waals surface area contributed by atoms with Crippen molar-refractivity contribution in [2.45, 2.75) is 20.3 Å². The fourth-order valence-corrected chi connectivity index (χ4v) is 3.37. The number of carbonyl (C=O) groups excluding carboxylic acids is 2. The highest BCUT2D eigenvalue weighted by Gasteiger charge is 2.21. The van der Waals surface area contributed by atoms with Crippen molar-refractivity contribution in [3.63, 3.8) is 0 Å². The molecule has 1 N–H and O–H groups in total. The highest BCUT2D eigenvalue weighted by atomic mass is 16.5. The van der Waals surface area contributed by atoms with Crippen molar-refractivity contribution in [2.75, 3.05) is 26.6 Å². The average molecular weight is 423 g/mol. The molecule has 8 nitrogen and oxygen atoms in total. The molecular weight excluding hydrogens is 398 g/mol. The SMILES string of the molecule is COC(=O)c1cc(OC)c(OC)cc1NC(=O)Cc1c(C)nn(-c2ccccc2)c1C. The van der Waals surface area contributed by atoms with E-state index in [1.165, 1.54) is 33.5 Å². The molecular formula is C23H25N3O5. The maximum absolute atomic E-state index is 12.9. The van der Waals surface area contributed by atoms with Crippen LogP contribution in [0.1, 0.15) is 27.3 Å². The van der Waals surface area contributed by atoms with Gasteiger partial charge in [-0.25, -0.2) is 9.48 Å². The number of hydrogen-bond donors (Lipinski definition) is 1. The van der Waals surface area contributed by atoms with Crippen LogP contribution in [0.2, 0.25) is 0 Å². The summed E-state index contributed by atoms with van der Waals surface area (Å²) in [5.74, 6) is -0.150. The molecule has 162 valence electrons. The van der Waals surface area contributed by atoms with E-state index in [-0.39, 0.29) is 23.6 Å². The molecule has 0 spiro atoms. The minimum atomic E-state index is -0.597. The Bertz CT molecular complexity index is 1110. The zero-order chi connectivity index (χ0) is 22.5. The number of para-hydroxylation sites is 1. The van der Waals surface area contributed by atoms with E-state index in [0.717, 1.165) is 22.6 Å². The Hall–Kier alpha value is -3.81. The molecule has 0 saturated heterocycles. The van der Waals surface area contributed by atoms with Gasteiger partial charge in [0, 0.05) is 23.4 Å². The standard InChI is InChI=1S/C23H25N3O5/c1-14-17(15(2)26(25-14)16-9-7-6-8-10-16)12-22(27)24-19-13-21(30-4)20(29-3)11-18(19)23(28)31-5/h6-11,13H,12H2,1-5H3,(H,24,27). The number of anilines is 1. The Labute approximate surface area is 180 Å². The second-order valence-corrected chi connectivity index (χ2v) is 6.87. The summed E-state index contributed by atoms with van der Waals surface area (Å²) >= 11 is 0. The van der Waals surface area contributed by atoms with Gasteiger partial charge >= 0.3 is 5.97 Å². The number of ether oxygens (including phenoxy) is 3. The van der Waals surface area contributed by atoms with Gasteiger partial charge in [-0.15, -0.1) is 0 Å². The van der Waals surface area contributed by atoms with Crippen molar-refractivity contribution in [1.29, 1.82) is 0 Å². The van der Waals surface area contributed by atoms with Crippen LogP contribution in [0.15, 0.2) is 42.5 Å². The molecule has 0 radical (unpaired) electrons. The third-order valence-corrected chi connectivity index (χ3v) is 4.98. The minimum absolute atomic E-state index is 0.0967. The Kier molecular flexibility index (Phi) is 6.59. The molecule has 31 heavy (non-hydrogen) atoms. The summed E-state index contributed by atoms with van der Waals surface area (Å²) < 4.78 is 17.2. The molecule has 0 aliphatic heterocycles. The lowest BCUT2D eigenvalue weighted by atomic mass is 10.1. The van der Waals surface area contributed by atoms with Gasteiger partial charge in [-0.05, 0) is 26.0 Å². The van der Waals surface area contributed by atoms with Crippen molar-refractivity contribution in [3.8, 4) is 17.2 Å². The molecule has 0 fully saturated rings. The Morgan fingerprint density at radius 3 is 2.26 bits per heavy atom. The van der Waals surface area contributed by atoms with Crippen LogP contribution < -0.4 is 14.8 Å². The summed E-state index contributed by atoms with van der Waals surface area (Å²) in [6.07, 6.45) is 0.0967. The summed E-state index contributed by atoms with van der Waals surface area (Å²) in [4.78, 5) is 25.1. The molecule has 0 unspecified atom stereocenters. The largest absolute Gasteiger partial charge is 0.493 e. The maximum atomic E-state index is 12.9. The molecule has 1 heterocycles. The van der Waals surface area contributed by atoms with Crippen molar-refractivity contribution >= 4 is 17.6 Å². The molecule has 3 rings (SSSR count). The van der Waals surface area contributed by atoms with Gasteiger partial charge in [-0.1, -0.05) is 18.2 Å². The van der Waals surface area contributed by atoms with Crippen LogP contribution in [0.4, 0.5) is 5.69 Å². The van der Waals surface area contributed by atoms with E-state index in [1.807, 2.05) is 48.9 Å². The highest BCUT2D eigenvalue weighted by Crippen LogP contribution is 2.34. The van der Waals surface area contributed by atoms with Crippen molar-refractivity contribution in [2.24, 2.45) is 0 Å². The predicted molar refractivity (Wildman–Crippen MR) is 116 cm³/mol. The van der Waals surface area contributed by atoms with Gasteiger partial charge in [-0.3, -0.25) is 4.79 Å². The number of benzene rings is 2. The van der Waals surface area contributed by atoms with Crippen LogP contribution in [0, 0.1) is 13.8 Å². The third kappa shape index (κ3) is 4.53. The molecule has 0 saturated carbocycles. The number of carbonyl (C=O) groups is 2. The first kappa shape index (κ1) is 21.9. The quantitative estimate of drug-likeness (QED) is 0.585. The lowest BCUT2D eigenvalue weighted by Crippen LogP contribution is -2.18. The van der Waals surface area contributed by atoms with Crippen LogP contribution in [0.25, 0.3) is 5.69 Å². The monoisotopic (exact) mass is 423 g/mol. The van der Waals surface area contributed by atoms with Crippen molar-refractivity contribution in [3.05, 3.63) is 65.0 Å². The summed E-state index contributed by atoms with van der Waals surface area (Å²) in [7, 11) is 4.22. The van der Waals surface area contributed by atoms with E-state index >= 15 is 0 Å². The topological polar surface area (TPSA) is 91.7 Å². The second-order valence-electron chi connectivity index (χ2n) is 6.87. The number of amides is 1. The molecule has 0 bridgehead atoms. The second kappa shape index (κ2) is 9.34. The number of aromatic nitrogens is 2. The summed E-state index contributed by atoms with van der Waals surface area (Å²) in [6.45, 7) is 3.79. The van der Waals surface area contributed by atoms with Crippen molar-refractivity contribution < 1.29 is 23.8 Å². The van der Waals surface area contributed by atoms with Gasteiger partial charge in [0.2, 0.25) is 5.91 Å². The van der Waals surface area contributed by atoms with Gasteiger partial charge in [0.05, 0.1) is 50.4 Å². The van der Waals surface area contributed by atoms with Gasteiger partial charge < -0.3 is 19.5 Å². The van der Waals surface area contributed by atoms with Crippen LogP contribution in [0.5, 0.6) is 11.5 Å². The molecule has 1 aromatic heterocycles. The molecule has 0 aliphatic rings. The number of hydrogen-bond acceptors (Lipinski definition) is 6. The lowest BCUT2D eigenvalue weighted by Gasteiger charge is -2.14. The zero-order valence-electron chi connectivity index (χ0n) is 18.2. The highest BCUT2D eigenvalue weighted by molar-refractivity contribution is 6.02. The predicted octanol–water partition coefficient (Wildman–Crippen LogP) is 3.47.